The van der Waals surface area contributed by atoms with E-state index in [2.05, 4.69) is 16.7 Å². The lowest BCUT2D eigenvalue weighted by Gasteiger charge is -2.13. The molecule has 0 aliphatic carbocycles. The maximum atomic E-state index is 8.83. The summed E-state index contributed by atoms with van der Waals surface area (Å²) in [6, 6.07) is 8.66. The van der Waals surface area contributed by atoms with Crippen LogP contribution in [0.15, 0.2) is 18.2 Å². The molecule has 2 rings (SSSR count). The molecule has 2 N–H and O–H groups in total. The topological polar surface area (TPSA) is 47.8 Å². The first-order valence-corrected chi connectivity index (χ1v) is 5.77. The molecule has 0 aromatic heterocycles. The van der Waals surface area contributed by atoms with Crippen LogP contribution in [0, 0.1) is 18.3 Å². The average Bonchev–Trinajstić information content (AvgIpc) is 2.79. The zero-order valence-corrected chi connectivity index (χ0v) is 9.59. The number of aryl methyl sites for hydroxylation is 1. The van der Waals surface area contributed by atoms with E-state index in [0.29, 0.717) is 6.04 Å². The quantitative estimate of drug-likeness (QED) is 0.811. The van der Waals surface area contributed by atoms with Crippen molar-refractivity contribution in [2.45, 2.75) is 25.8 Å². The van der Waals surface area contributed by atoms with Crippen molar-refractivity contribution >= 4 is 5.69 Å². The van der Waals surface area contributed by atoms with Crippen molar-refractivity contribution in [1.29, 1.82) is 5.26 Å². The Hall–Kier alpha value is -1.53. The summed E-state index contributed by atoms with van der Waals surface area (Å²) < 4.78 is 0. The van der Waals surface area contributed by atoms with E-state index in [0.717, 1.165) is 29.9 Å². The van der Waals surface area contributed by atoms with Crippen LogP contribution in [0.2, 0.25) is 0 Å². The molecule has 1 aliphatic rings. The number of benzene rings is 1. The predicted molar refractivity (Wildman–Crippen MR) is 65.4 cm³/mol. The van der Waals surface area contributed by atoms with Gasteiger partial charge in [0.25, 0.3) is 0 Å². The first-order chi connectivity index (χ1) is 7.79. The van der Waals surface area contributed by atoms with E-state index in [9.17, 15) is 0 Å². The van der Waals surface area contributed by atoms with Gasteiger partial charge in [-0.15, -0.1) is 0 Å². The first kappa shape index (κ1) is 11.0. The minimum absolute atomic E-state index is 0.593. The second kappa shape index (κ2) is 5.00. The third-order valence-electron chi connectivity index (χ3n) is 3.06. The van der Waals surface area contributed by atoms with E-state index >= 15 is 0 Å². The molecule has 1 aromatic rings. The molecule has 0 bridgehead atoms. The normalized spacial score (nSPS) is 19.4. The molecule has 3 heteroatoms. The van der Waals surface area contributed by atoms with Crippen LogP contribution in [-0.4, -0.2) is 19.1 Å². The molecule has 1 fully saturated rings. The fraction of sp³-hybridized carbons (Fsp3) is 0.462. The molecule has 1 atom stereocenters. The molecular formula is C13H17N3. The average molecular weight is 215 g/mol. The van der Waals surface area contributed by atoms with Gasteiger partial charge in [-0.25, -0.2) is 0 Å². The number of rotatable bonds is 3. The Labute approximate surface area is 96.5 Å². The number of nitrogens with zero attached hydrogens (tertiary/aromatic N) is 1. The number of nitrogens with one attached hydrogen (secondary N) is 2. The van der Waals surface area contributed by atoms with Crippen molar-refractivity contribution in [3.05, 3.63) is 29.3 Å². The summed E-state index contributed by atoms with van der Waals surface area (Å²) in [5.74, 6) is 0. The van der Waals surface area contributed by atoms with Gasteiger partial charge in [0.2, 0.25) is 0 Å². The molecule has 16 heavy (non-hydrogen) atoms. The Morgan fingerprint density at radius 1 is 1.56 bits per heavy atom. The Balaban J connectivity index is 1.94. The predicted octanol–water partition coefficient (Wildman–Crippen LogP) is 2.03. The Kier molecular flexibility index (Phi) is 3.43. The van der Waals surface area contributed by atoms with Gasteiger partial charge in [0.1, 0.15) is 0 Å². The SMILES string of the molecule is Cc1cc(NCC2CCCN2)ccc1C#N. The highest BCUT2D eigenvalue weighted by molar-refractivity contribution is 5.51. The van der Waals surface area contributed by atoms with Gasteiger partial charge in [0, 0.05) is 18.3 Å². The third kappa shape index (κ3) is 2.53. The molecule has 0 saturated carbocycles. The second-order valence-electron chi connectivity index (χ2n) is 4.32. The monoisotopic (exact) mass is 215 g/mol. The van der Waals surface area contributed by atoms with Gasteiger partial charge in [-0.05, 0) is 50.1 Å². The van der Waals surface area contributed by atoms with E-state index in [-0.39, 0.29) is 0 Å². The Morgan fingerprint density at radius 3 is 3.06 bits per heavy atom. The maximum Gasteiger partial charge on any atom is 0.0994 e. The van der Waals surface area contributed by atoms with Crippen molar-refractivity contribution in [3.8, 4) is 6.07 Å². The van der Waals surface area contributed by atoms with Gasteiger partial charge in [-0.2, -0.15) is 5.26 Å². The highest BCUT2D eigenvalue weighted by atomic mass is 15.0. The fourth-order valence-electron chi connectivity index (χ4n) is 2.07. The Bertz CT molecular complexity index is 400. The van der Waals surface area contributed by atoms with Crippen LogP contribution in [0.3, 0.4) is 0 Å². The summed E-state index contributed by atoms with van der Waals surface area (Å²) in [7, 11) is 0. The molecular weight excluding hydrogens is 198 g/mol. The molecule has 0 spiro atoms. The smallest absolute Gasteiger partial charge is 0.0994 e. The van der Waals surface area contributed by atoms with E-state index in [4.69, 9.17) is 5.26 Å². The van der Waals surface area contributed by atoms with Gasteiger partial charge >= 0.3 is 0 Å². The lowest BCUT2D eigenvalue weighted by Crippen LogP contribution is -2.29. The van der Waals surface area contributed by atoms with Crippen molar-refractivity contribution in [2.75, 3.05) is 18.4 Å². The highest BCUT2D eigenvalue weighted by Crippen LogP contribution is 2.15. The van der Waals surface area contributed by atoms with Crippen LogP contribution in [-0.2, 0) is 0 Å². The minimum Gasteiger partial charge on any atom is -0.383 e. The molecule has 0 radical (unpaired) electrons. The van der Waals surface area contributed by atoms with E-state index in [1.54, 1.807) is 0 Å². The summed E-state index contributed by atoms with van der Waals surface area (Å²) in [6.45, 7) is 4.07. The highest BCUT2D eigenvalue weighted by Gasteiger charge is 2.13. The number of nitriles is 1. The van der Waals surface area contributed by atoms with E-state index in [1.165, 1.54) is 12.8 Å². The van der Waals surface area contributed by atoms with Crippen molar-refractivity contribution < 1.29 is 0 Å². The third-order valence-corrected chi connectivity index (χ3v) is 3.06. The van der Waals surface area contributed by atoms with Crippen LogP contribution in [0.25, 0.3) is 0 Å². The summed E-state index contributed by atoms with van der Waals surface area (Å²) >= 11 is 0. The molecule has 1 aromatic carbocycles. The van der Waals surface area contributed by atoms with Gasteiger partial charge in [0.05, 0.1) is 11.6 Å². The lowest BCUT2D eigenvalue weighted by atomic mass is 10.1. The summed E-state index contributed by atoms with van der Waals surface area (Å²) in [4.78, 5) is 0. The van der Waals surface area contributed by atoms with Crippen LogP contribution in [0.4, 0.5) is 5.69 Å². The van der Waals surface area contributed by atoms with Crippen LogP contribution < -0.4 is 10.6 Å². The summed E-state index contributed by atoms with van der Waals surface area (Å²) in [5, 5.41) is 15.7. The Morgan fingerprint density at radius 2 is 2.44 bits per heavy atom. The van der Waals surface area contributed by atoms with Crippen LogP contribution >= 0.6 is 0 Å². The first-order valence-electron chi connectivity index (χ1n) is 5.77. The van der Waals surface area contributed by atoms with Gasteiger partial charge in [-0.3, -0.25) is 0 Å². The molecule has 1 heterocycles. The second-order valence-corrected chi connectivity index (χ2v) is 4.32. The maximum absolute atomic E-state index is 8.83. The fourth-order valence-corrected chi connectivity index (χ4v) is 2.07. The van der Waals surface area contributed by atoms with Crippen LogP contribution in [0.1, 0.15) is 24.0 Å². The standard InChI is InChI=1S/C13H17N3/c1-10-7-12(5-4-11(10)8-14)16-9-13-3-2-6-15-13/h4-5,7,13,15-16H,2-3,6,9H2,1H3. The summed E-state index contributed by atoms with van der Waals surface area (Å²) in [6.07, 6.45) is 2.53. The number of hydrogen-bond acceptors (Lipinski definition) is 3. The zero-order valence-electron chi connectivity index (χ0n) is 9.59. The molecule has 1 aliphatic heterocycles. The van der Waals surface area contributed by atoms with E-state index < -0.39 is 0 Å². The van der Waals surface area contributed by atoms with E-state index in [1.807, 2.05) is 25.1 Å². The van der Waals surface area contributed by atoms with Crippen molar-refractivity contribution in [2.24, 2.45) is 0 Å². The summed E-state index contributed by atoms with van der Waals surface area (Å²) in [5.41, 5.74) is 2.89. The van der Waals surface area contributed by atoms with Gasteiger partial charge in [-0.1, -0.05) is 0 Å². The largest absolute Gasteiger partial charge is 0.383 e. The zero-order chi connectivity index (χ0) is 11.4. The van der Waals surface area contributed by atoms with Crippen molar-refractivity contribution in [3.63, 3.8) is 0 Å². The number of hydrogen-bond donors (Lipinski definition) is 2. The van der Waals surface area contributed by atoms with Crippen molar-refractivity contribution in [1.82, 2.24) is 5.32 Å². The molecule has 1 unspecified atom stereocenters. The molecule has 84 valence electrons. The van der Waals surface area contributed by atoms with Gasteiger partial charge < -0.3 is 10.6 Å². The number of anilines is 1. The molecule has 0 amide bonds. The van der Waals surface area contributed by atoms with Gasteiger partial charge in [0.15, 0.2) is 0 Å². The lowest BCUT2D eigenvalue weighted by molar-refractivity contribution is 0.633. The van der Waals surface area contributed by atoms with Crippen LogP contribution in [0.5, 0.6) is 0 Å². The molecule has 1 saturated heterocycles. The molecule has 3 nitrogen and oxygen atoms in total. The minimum atomic E-state index is 0.593.